The molecular weight excluding hydrogens is 775 g/mol. The van der Waals surface area contributed by atoms with Gasteiger partial charge in [-0.3, -0.25) is 19.4 Å². The zero-order valence-corrected chi connectivity index (χ0v) is 36.7. The largest absolute Gasteiger partial charge is 0.496 e. The molecular formula is C48H67N5O8. The van der Waals surface area contributed by atoms with E-state index in [1.54, 1.807) is 7.11 Å². The van der Waals surface area contributed by atoms with Gasteiger partial charge in [0.2, 0.25) is 0 Å². The van der Waals surface area contributed by atoms with Crippen LogP contribution in [-0.4, -0.2) is 144 Å². The first kappa shape index (κ1) is 43.7. The summed E-state index contributed by atoms with van der Waals surface area (Å²) in [4.78, 5) is 36.9. The number of benzene rings is 2. The number of carbonyl (C=O) groups excluding carboxylic acids is 2. The van der Waals surface area contributed by atoms with Crippen molar-refractivity contribution in [3.8, 4) is 5.75 Å². The number of aryl methyl sites for hydroxylation is 1. The number of carbonyl (C=O) groups is 2. The maximum Gasteiger partial charge on any atom is 0.311 e. The first-order chi connectivity index (χ1) is 29.4. The molecule has 4 aliphatic heterocycles. The molecule has 13 heteroatoms. The van der Waals surface area contributed by atoms with Gasteiger partial charge in [0, 0.05) is 92.1 Å². The number of rotatable bonds is 15. The van der Waals surface area contributed by atoms with Gasteiger partial charge in [-0.15, -0.1) is 0 Å². The topological polar surface area (TPSA) is 171 Å². The predicted molar refractivity (Wildman–Crippen MR) is 235 cm³/mol. The normalized spacial score (nSPS) is 32.0. The number of β-amino-alcohol motifs (C(OH)–C–C–N with tert-alkyl or cyclic N) is 1. The standard InChI is InChI=1S/C48H67N5O8/c1-6-46(58)27-30(28-52(29-46)21-16-33-32-12-8-9-13-36(32)50-37(33)25-40(55)61-5)14-15-31-24-35-34-17-22-53-20-10-18-47(7-2)42(53)41(34)43(51(3)38(35)26-39(31)60-4)48(59,44(47)56)45(57)49-19-11-23-54/h8-10,12-13,18,24,26,30,34,41-44,50,54,56,58-59H,6-7,11,14-17,19-23,25,27-29H2,1-5H3,(H,49,57)/t30?,34?,41?,42?,43?,44-,46?,47-,48+/m1/s1. The Labute approximate surface area is 360 Å². The van der Waals surface area contributed by atoms with Gasteiger partial charge in [-0.2, -0.15) is 0 Å². The number of aliphatic hydroxyl groups is 4. The van der Waals surface area contributed by atoms with Gasteiger partial charge >= 0.3 is 5.97 Å². The number of esters is 1. The van der Waals surface area contributed by atoms with Gasteiger partial charge in [0.15, 0.2) is 5.60 Å². The number of hydrogen-bond acceptors (Lipinski definition) is 11. The van der Waals surface area contributed by atoms with Gasteiger partial charge in [-0.05, 0) is 98.6 Å². The van der Waals surface area contributed by atoms with E-state index in [0.717, 1.165) is 91.0 Å². The Morgan fingerprint density at radius 3 is 2.61 bits per heavy atom. The van der Waals surface area contributed by atoms with E-state index < -0.39 is 34.7 Å². The number of methoxy groups -OCH3 is 2. The van der Waals surface area contributed by atoms with Gasteiger partial charge in [-0.25, -0.2) is 0 Å². The molecule has 13 nitrogen and oxygen atoms in total. The fraction of sp³-hybridized carbons (Fsp3) is 0.625. The lowest BCUT2D eigenvalue weighted by atomic mass is 9.48. The Balaban J connectivity index is 1.07. The third kappa shape index (κ3) is 7.46. The molecule has 0 bridgehead atoms. The molecule has 3 fully saturated rings. The smallest absolute Gasteiger partial charge is 0.311 e. The molecule has 1 saturated carbocycles. The Bertz CT molecular complexity index is 2120. The number of amides is 1. The van der Waals surface area contributed by atoms with Crippen LogP contribution in [0.3, 0.4) is 0 Å². The summed E-state index contributed by atoms with van der Waals surface area (Å²) in [6, 6.07) is 11.7. The summed E-state index contributed by atoms with van der Waals surface area (Å²) >= 11 is 0. The van der Waals surface area contributed by atoms with Crippen LogP contribution in [0.15, 0.2) is 48.6 Å². The summed E-state index contributed by atoms with van der Waals surface area (Å²) < 4.78 is 11.1. The molecule has 1 amide bonds. The number of fused-ring (bicyclic) bond motifs is 3. The van der Waals surface area contributed by atoms with Crippen LogP contribution in [0.1, 0.15) is 80.7 Å². The first-order valence-corrected chi connectivity index (χ1v) is 22.6. The van der Waals surface area contributed by atoms with E-state index in [-0.39, 0.29) is 49.3 Å². The van der Waals surface area contributed by atoms with Gasteiger partial charge in [0.1, 0.15) is 11.9 Å². The fourth-order valence-electron chi connectivity index (χ4n) is 12.6. The molecule has 61 heavy (non-hydrogen) atoms. The molecule has 2 saturated heterocycles. The lowest BCUT2D eigenvalue weighted by Gasteiger charge is -2.68. The average Bonchev–Trinajstić information content (AvgIpc) is 3.62. The highest BCUT2D eigenvalue weighted by molar-refractivity contribution is 5.89. The number of hydrogen-bond donors (Lipinski definition) is 6. The van der Waals surface area contributed by atoms with Crippen molar-refractivity contribution in [2.45, 2.75) is 107 Å². The number of likely N-dealkylation sites (N-methyl/N-ethyl adjacent to an activating group) is 1. The van der Waals surface area contributed by atoms with E-state index in [4.69, 9.17) is 9.47 Å². The lowest BCUT2D eigenvalue weighted by Crippen LogP contribution is -2.82. The van der Waals surface area contributed by atoms with E-state index in [0.29, 0.717) is 32.2 Å². The van der Waals surface area contributed by atoms with E-state index in [1.807, 2.05) is 37.1 Å². The quantitative estimate of drug-likeness (QED) is 0.0750. The van der Waals surface area contributed by atoms with E-state index in [9.17, 15) is 30.0 Å². The Morgan fingerprint density at radius 1 is 1.07 bits per heavy atom. The van der Waals surface area contributed by atoms with E-state index in [1.165, 1.54) is 12.7 Å². The number of nitrogens with one attached hydrogen (secondary N) is 2. The number of para-hydroxylation sites is 1. The summed E-state index contributed by atoms with van der Waals surface area (Å²) in [7, 11) is 5.04. The van der Waals surface area contributed by atoms with Crippen molar-refractivity contribution in [2.24, 2.45) is 17.3 Å². The fourth-order valence-corrected chi connectivity index (χ4v) is 12.6. The third-order valence-corrected chi connectivity index (χ3v) is 15.5. The predicted octanol–water partition coefficient (Wildman–Crippen LogP) is 3.69. The molecule has 332 valence electrons. The maximum absolute atomic E-state index is 14.2. The van der Waals surface area contributed by atoms with Crippen molar-refractivity contribution in [2.75, 3.05) is 72.0 Å². The second-order valence-electron chi connectivity index (χ2n) is 18.7. The van der Waals surface area contributed by atoms with Crippen LogP contribution in [-0.2, 0) is 33.6 Å². The molecule has 1 aromatic heterocycles. The van der Waals surface area contributed by atoms with Gasteiger partial charge < -0.3 is 45.1 Å². The minimum absolute atomic E-state index is 0.0349. The number of H-pyrrole nitrogens is 1. The van der Waals surface area contributed by atoms with Crippen molar-refractivity contribution in [3.63, 3.8) is 0 Å². The monoisotopic (exact) mass is 841 g/mol. The lowest BCUT2D eigenvalue weighted by molar-refractivity contribution is -0.218. The molecule has 5 aliphatic rings. The molecule has 6 unspecified atom stereocenters. The summed E-state index contributed by atoms with van der Waals surface area (Å²) in [5.41, 5.74) is 2.45. The molecule has 1 aliphatic carbocycles. The molecule has 5 heterocycles. The van der Waals surface area contributed by atoms with Crippen molar-refractivity contribution < 1.29 is 39.5 Å². The SMILES string of the molecule is CCC1(O)CC(CCc2cc3c(cc2OC)N(C)C2C4C3CCN3CC=C[C@](CC)(C43)[C@@H](O)[C@]2(O)C(=O)NCCCO)CN(CCc2c(CC(=O)OC)[nH]c3ccccc23)C1. The molecule has 6 N–H and O–H groups in total. The second kappa shape index (κ2) is 17.3. The summed E-state index contributed by atoms with van der Waals surface area (Å²) in [6.45, 7) is 8.03. The number of nitrogens with zero attached hydrogens (tertiary/aromatic N) is 3. The molecule has 9 atom stereocenters. The van der Waals surface area contributed by atoms with Crippen LogP contribution in [0, 0.1) is 17.3 Å². The maximum atomic E-state index is 14.2. The van der Waals surface area contributed by atoms with E-state index >= 15 is 0 Å². The molecule has 3 aromatic rings. The van der Waals surface area contributed by atoms with Gasteiger partial charge in [0.05, 0.1) is 32.3 Å². The van der Waals surface area contributed by atoms with Crippen LogP contribution in [0.2, 0.25) is 0 Å². The number of aliphatic hydroxyl groups excluding tert-OH is 2. The second-order valence-corrected chi connectivity index (χ2v) is 18.7. The van der Waals surface area contributed by atoms with Crippen LogP contribution < -0.4 is 15.0 Å². The number of likely N-dealkylation sites (tertiary alicyclic amines) is 1. The number of piperidine rings is 2. The third-order valence-electron chi connectivity index (χ3n) is 15.5. The number of aromatic amines is 1. The number of ether oxygens (including phenoxy) is 2. The average molecular weight is 842 g/mol. The van der Waals surface area contributed by atoms with Crippen molar-refractivity contribution in [1.29, 1.82) is 0 Å². The Kier molecular flexibility index (Phi) is 12.4. The van der Waals surface area contributed by atoms with Crippen molar-refractivity contribution in [1.82, 2.24) is 20.1 Å². The molecule has 0 radical (unpaired) electrons. The number of aromatic nitrogens is 1. The highest BCUT2D eigenvalue weighted by atomic mass is 16.5. The summed E-state index contributed by atoms with van der Waals surface area (Å²) in [5, 5.41) is 50.6. The zero-order chi connectivity index (χ0) is 43.3. The van der Waals surface area contributed by atoms with E-state index in [2.05, 4.69) is 57.4 Å². The highest BCUT2D eigenvalue weighted by Crippen LogP contribution is 2.62. The zero-order valence-electron chi connectivity index (χ0n) is 36.7. The van der Waals surface area contributed by atoms with Gasteiger partial charge in [-0.1, -0.05) is 44.2 Å². The van der Waals surface area contributed by atoms with Crippen LogP contribution in [0.25, 0.3) is 10.9 Å². The van der Waals surface area contributed by atoms with Crippen molar-refractivity contribution >= 4 is 28.5 Å². The summed E-state index contributed by atoms with van der Waals surface area (Å²) in [6.07, 6.45) is 8.51. The molecule has 2 aromatic carbocycles. The Morgan fingerprint density at radius 2 is 1.87 bits per heavy atom. The summed E-state index contributed by atoms with van der Waals surface area (Å²) in [5.74, 6) is -0.00883. The van der Waals surface area contributed by atoms with Gasteiger partial charge in [0.25, 0.3) is 5.91 Å². The highest BCUT2D eigenvalue weighted by Gasteiger charge is 2.72. The van der Waals surface area contributed by atoms with Crippen LogP contribution in [0.4, 0.5) is 5.69 Å². The minimum atomic E-state index is -2.12. The molecule has 8 rings (SSSR count). The number of anilines is 1. The van der Waals surface area contributed by atoms with Crippen LogP contribution >= 0.6 is 0 Å². The first-order valence-electron chi connectivity index (χ1n) is 22.6. The Hall–Kier alpha value is -3.98. The molecule has 0 spiro atoms. The van der Waals surface area contributed by atoms with Crippen molar-refractivity contribution in [3.05, 3.63) is 70.9 Å². The minimum Gasteiger partial charge on any atom is -0.496 e. The van der Waals surface area contributed by atoms with Crippen LogP contribution in [0.5, 0.6) is 5.75 Å².